The highest BCUT2D eigenvalue weighted by Gasteiger charge is 2.38. The number of alkyl halides is 3. The maximum atomic E-state index is 12.5. The number of hydrogen-bond donors (Lipinski definition) is 0. The number of aromatic nitrogens is 2. The highest BCUT2D eigenvalue weighted by molar-refractivity contribution is 7.89. The average Bonchev–Trinajstić information content (AvgIpc) is 3.07. The van der Waals surface area contributed by atoms with Gasteiger partial charge in [0.05, 0.1) is 19.0 Å². The molecule has 0 radical (unpaired) electrons. The van der Waals surface area contributed by atoms with Crippen molar-refractivity contribution in [2.75, 3.05) is 26.0 Å². The van der Waals surface area contributed by atoms with Crippen LogP contribution in [0.2, 0.25) is 0 Å². The van der Waals surface area contributed by atoms with Crippen LogP contribution in [0.4, 0.5) is 13.2 Å². The summed E-state index contributed by atoms with van der Waals surface area (Å²) >= 11 is 0. The first-order chi connectivity index (χ1) is 12.6. The van der Waals surface area contributed by atoms with Gasteiger partial charge in [-0.2, -0.15) is 18.2 Å². The van der Waals surface area contributed by atoms with E-state index in [0.717, 1.165) is 7.05 Å². The smallest absolute Gasteiger partial charge is 0.381 e. The van der Waals surface area contributed by atoms with Crippen LogP contribution in [-0.2, 0) is 20.9 Å². The third-order valence-corrected chi connectivity index (χ3v) is 5.81. The van der Waals surface area contributed by atoms with Crippen LogP contribution < -0.4 is 0 Å². The number of sulfonamides is 1. The molecule has 1 aliphatic heterocycles. The zero-order valence-electron chi connectivity index (χ0n) is 13.9. The van der Waals surface area contributed by atoms with Crippen molar-refractivity contribution in [3.63, 3.8) is 0 Å². The summed E-state index contributed by atoms with van der Waals surface area (Å²) in [6.45, 7) is 0.668. The third kappa shape index (κ3) is 4.11. The summed E-state index contributed by atoms with van der Waals surface area (Å²) in [5.41, 5.74) is 0.233. The van der Waals surface area contributed by atoms with Crippen molar-refractivity contribution in [2.45, 2.75) is 6.18 Å². The number of carbonyl (C=O) groups excluding carboxylic acids is 1. The van der Waals surface area contributed by atoms with Gasteiger partial charge < -0.3 is 9.26 Å². The molecule has 2 heterocycles. The van der Waals surface area contributed by atoms with Crippen LogP contribution in [0.25, 0.3) is 11.4 Å². The molecule has 1 aliphatic rings. The Kier molecular flexibility index (Phi) is 4.95. The maximum Gasteiger partial charge on any atom is 0.471 e. The largest absolute Gasteiger partial charge is 0.471 e. The van der Waals surface area contributed by atoms with E-state index in [2.05, 4.69) is 14.7 Å². The Labute approximate surface area is 152 Å². The molecule has 146 valence electrons. The minimum atomic E-state index is -4.76. The Hall–Kier alpha value is -2.47. The number of amides is 1. The molecule has 1 saturated heterocycles. The van der Waals surface area contributed by atoms with Crippen LogP contribution in [0.1, 0.15) is 16.2 Å². The van der Waals surface area contributed by atoms with E-state index in [9.17, 15) is 26.4 Å². The van der Waals surface area contributed by atoms with Crippen molar-refractivity contribution in [3.05, 3.63) is 35.7 Å². The molecule has 1 fully saturated rings. The van der Waals surface area contributed by atoms with Crippen molar-refractivity contribution in [3.8, 4) is 11.4 Å². The summed E-state index contributed by atoms with van der Waals surface area (Å²) < 4.78 is 71.7. The molecule has 1 aromatic heterocycles. The van der Waals surface area contributed by atoms with E-state index in [-0.39, 0.29) is 28.6 Å². The minimum Gasteiger partial charge on any atom is -0.381 e. The highest BCUT2D eigenvalue weighted by Crippen LogP contribution is 2.29. The SMILES string of the molecule is CN(C(=O)c1ccc(-c2noc(C(F)(F)F)n2)cc1)S(=O)(=O)CC1COC1. The lowest BCUT2D eigenvalue weighted by Crippen LogP contribution is -2.41. The minimum absolute atomic E-state index is 0.0502. The van der Waals surface area contributed by atoms with Crippen LogP contribution in [0, 0.1) is 5.92 Å². The molecule has 0 saturated carbocycles. The molecule has 0 atom stereocenters. The van der Waals surface area contributed by atoms with Gasteiger partial charge in [0.1, 0.15) is 0 Å². The number of hydrogen-bond acceptors (Lipinski definition) is 7. The van der Waals surface area contributed by atoms with Crippen LogP contribution in [-0.4, -0.2) is 54.8 Å². The van der Waals surface area contributed by atoms with Gasteiger partial charge in [0.2, 0.25) is 15.8 Å². The van der Waals surface area contributed by atoms with E-state index in [1.165, 1.54) is 24.3 Å². The maximum absolute atomic E-state index is 12.5. The molecule has 0 spiro atoms. The third-order valence-electron chi connectivity index (χ3n) is 3.92. The fraction of sp³-hybridized carbons (Fsp3) is 0.400. The second kappa shape index (κ2) is 6.93. The Morgan fingerprint density at radius 2 is 1.89 bits per heavy atom. The summed E-state index contributed by atoms with van der Waals surface area (Å²) in [5, 5.41) is 3.24. The topological polar surface area (TPSA) is 103 Å². The molecule has 27 heavy (non-hydrogen) atoms. The van der Waals surface area contributed by atoms with E-state index >= 15 is 0 Å². The molecule has 8 nitrogen and oxygen atoms in total. The second-order valence-electron chi connectivity index (χ2n) is 5.95. The molecule has 0 unspecified atom stereocenters. The first-order valence-corrected chi connectivity index (χ1v) is 9.29. The average molecular weight is 405 g/mol. The summed E-state index contributed by atoms with van der Waals surface area (Å²) in [4.78, 5) is 15.6. The number of nitrogens with zero attached hydrogens (tertiary/aromatic N) is 3. The van der Waals surface area contributed by atoms with E-state index < -0.39 is 28.0 Å². The van der Waals surface area contributed by atoms with Gasteiger partial charge in [-0.3, -0.25) is 4.79 Å². The Morgan fingerprint density at radius 3 is 2.37 bits per heavy atom. The molecule has 2 aromatic rings. The summed E-state index contributed by atoms with van der Waals surface area (Å²) in [5.74, 6) is -2.88. The van der Waals surface area contributed by atoms with Gasteiger partial charge >= 0.3 is 12.1 Å². The lowest BCUT2D eigenvalue weighted by molar-refractivity contribution is -0.159. The predicted octanol–water partition coefficient (Wildman–Crippen LogP) is 1.80. The first-order valence-electron chi connectivity index (χ1n) is 7.68. The van der Waals surface area contributed by atoms with Crippen LogP contribution in [0.15, 0.2) is 28.8 Å². The highest BCUT2D eigenvalue weighted by atomic mass is 32.2. The lowest BCUT2D eigenvalue weighted by Gasteiger charge is -2.27. The Balaban J connectivity index is 1.74. The number of benzene rings is 1. The molecule has 0 aliphatic carbocycles. The van der Waals surface area contributed by atoms with Crippen molar-refractivity contribution in [1.82, 2.24) is 14.4 Å². The van der Waals surface area contributed by atoms with Crippen molar-refractivity contribution < 1.29 is 35.6 Å². The van der Waals surface area contributed by atoms with E-state index in [1.807, 2.05) is 0 Å². The summed E-state index contributed by atoms with van der Waals surface area (Å²) in [6, 6.07) is 5.16. The predicted molar refractivity (Wildman–Crippen MR) is 84.9 cm³/mol. The number of carbonyl (C=O) groups is 1. The van der Waals surface area contributed by atoms with Gasteiger partial charge in [0, 0.05) is 24.1 Å². The quantitative estimate of drug-likeness (QED) is 0.747. The fourth-order valence-corrected chi connectivity index (χ4v) is 3.69. The summed E-state index contributed by atoms with van der Waals surface area (Å²) in [7, 11) is -2.65. The molecular weight excluding hydrogens is 391 g/mol. The fourth-order valence-electron chi connectivity index (χ4n) is 2.32. The number of rotatable bonds is 5. The van der Waals surface area contributed by atoms with E-state index in [1.54, 1.807) is 0 Å². The van der Waals surface area contributed by atoms with Crippen molar-refractivity contribution >= 4 is 15.9 Å². The first kappa shape index (κ1) is 19.3. The van der Waals surface area contributed by atoms with Crippen molar-refractivity contribution in [2.24, 2.45) is 5.92 Å². The van der Waals surface area contributed by atoms with E-state index in [0.29, 0.717) is 17.5 Å². The Bertz CT molecular complexity index is 936. The molecule has 0 N–H and O–H groups in total. The Morgan fingerprint density at radius 1 is 1.26 bits per heavy atom. The number of halogens is 3. The monoisotopic (exact) mass is 405 g/mol. The number of ether oxygens (including phenoxy) is 1. The molecule has 1 amide bonds. The molecule has 1 aromatic carbocycles. The van der Waals surface area contributed by atoms with Crippen LogP contribution in [0.5, 0.6) is 0 Å². The van der Waals surface area contributed by atoms with Gasteiger partial charge in [-0.05, 0) is 12.1 Å². The van der Waals surface area contributed by atoms with E-state index in [4.69, 9.17) is 4.74 Å². The van der Waals surface area contributed by atoms with Gasteiger partial charge in [-0.1, -0.05) is 17.3 Å². The molecule has 12 heteroatoms. The zero-order chi connectivity index (χ0) is 19.8. The van der Waals surface area contributed by atoms with Crippen LogP contribution in [0.3, 0.4) is 0 Å². The zero-order valence-corrected chi connectivity index (χ0v) is 14.7. The molecule has 0 bridgehead atoms. The van der Waals surface area contributed by atoms with Gasteiger partial charge in [0.25, 0.3) is 5.91 Å². The van der Waals surface area contributed by atoms with Crippen LogP contribution >= 0.6 is 0 Å². The van der Waals surface area contributed by atoms with Gasteiger partial charge in [-0.15, -0.1) is 0 Å². The van der Waals surface area contributed by atoms with Gasteiger partial charge in [-0.25, -0.2) is 12.7 Å². The molecular formula is C15H14F3N3O5S. The summed E-state index contributed by atoms with van der Waals surface area (Å²) in [6.07, 6.45) is -4.76. The second-order valence-corrected chi connectivity index (χ2v) is 8.00. The normalized spacial score (nSPS) is 15.4. The lowest BCUT2D eigenvalue weighted by atomic mass is 10.1. The molecule has 3 rings (SSSR count). The van der Waals surface area contributed by atoms with Gasteiger partial charge in [0.15, 0.2) is 0 Å². The standard InChI is InChI=1S/C15H14F3N3O5S/c1-21(27(23,24)8-9-6-25-7-9)13(22)11-4-2-10(3-5-11)12-19-14(26-20-12)15(16,17)18/h2-5,9H,6-8H2,1H3. The van der Waals surface area contributed by atoms with Crippen molar-refractivity contribution in [1.29, 1.82) is 0 Å².